The van der Waals surface area contributed by atoms with Crippen molar-refractivity contribution in [2.24, 2.45) is 5.10 Å². The Morgan fingerprint density at radius 3 is 2.12 bits per heavy atom. The molecule has 0 aliphatic rings. The molecule has 3 aromatic rings. The van der Waals surface area contributed by atoms with Gasteiger partial charge in [-0.05, 0) is 66.6 Å². The molecule has 0 spiro atoms. The maximum Gasteiger partial charge on any atom is 0.343 e. The van der Waals surface area contributed by atoms with E-state index in [0.29, 0.717) is 39.1 Å². The molecule has 0 radical (unpaired) electrons. The maximum atomic E-state index is 12.6. The molecular formula is C25H23ClN2O6. The van der Waals surface area contributed by atoms with Crippen LogP contribution >= 0.6 is 11.6 Å². The van der Waals surface area contributed by atoms with Crippen LogP contribution in [-0.2, 0) is 0 Å². The van der Waals surface area contributed by atoms with E-state index in [1.807, 2.05) is 6.92 Å². The number of methoxy groups -OCH3 is 3. The number of carbonyl (C=O) groups excluding carboxylic acids is 2. The van der Waals surface area contributed by atoms with Crippen LogP contribution in [0, 0.1) is 6.92 Å². The molecule has 0 fully saturated rings. The van der Waals surface area contributed by atoms with E-state index in [2.05, 4.69) is 10.5 Å². The lowest BCUT2D eigenvalue weighted by atomic mass is 10.1. The molecule has 8 nitrogen and oxygen atoms in total. The van der Waals surface area contributed by atoms with Crippen LogP contribution in [0.3, 0.4) is 0 Å². The lowest BCUT2D eigenvalue weighted by Crippen LogP contribution is -2.18. The van der Waals surface area contributed by atoms with E-state index < -0.39 is 11.9 Å². The third-order valence-corrected chi connectivity index (χ3v) is 5.05. The van der Waals surface area contributed by atoms with E-state index in [4.69, 9.17) is 30.5 Å². The van der Waals surface area contributed by atoms with Crippen LogP contribution < -0.4 is 24.4 Å². The molecule has 1 N–H and O–H groups in total. The molecule has 3 aromatic carbocycles. The highest BCUT2D eigenvalue weighted by atomic mass is 35.5. The first-order valence-corrected chi connectivity index (χ1v) is 10.5. The summed E-state index contributed by atoms with van der Waals surface area (Å²) >= 11 is 6.10. The summed E-state index contributed by atoms with van der Waals surface area (Å²) in [5.41, 5.74) is 4.64. The van der Waals surface area contributed by atoms with Crippen molar-refractivity contribution in [2.75, 3.05) is 21.3 Å². The van der Waals surface area contributed by atoms with E-state index in [1.165, 1.54) is 39.7 Å². The summed E-state index contributed by atoms with van der Waals surface area (Å²) in [6.45, 7) is 1.89. The molecule has 0 atom stereocenters. The summed E-state index contributed by atoms with van der Waals surface area (Å²) in [6, 6.07) is 14.7. The Balaban J connectivity index is 1.64. The van der Waals surface area contributed by atoms with Crippen LogP contribution in [0.25, 0.3) is 0 Å². The van der Waals surface area contributed by atoms with Gasteiger partial charge < -0.3 is 18.9 Å². The monoisotopic (exact) mass is 482 g/mol. The molecule has 0 saturated carbocycles. The molecule has 34 heavy (non-hydrogen) atoms. The van der Waals surface area contributed by atoms with Gasteiger partial charge in [-0.1, -0.05) is 17.7 Å². The van der Waals surface area contributed by atoms with Crippen molar-refractivity contribution in [1.82, 2.24) is 5.43 Å². The fourth-order valence-corrected chi connectivity index (χ4v) is 3.34. The lowest BCUT2D eigenvalue weighted by molar-refractivity contribution is 0.0733. The molecule has 0 aromatic heterocycles. The molecule has 9 heteroatoms. The van der Waals surface area contributed by atoms with Gasteiger partial charge in [0.15, 0.2) is 11.5 Å². The molecule has 176 valence electrons. The first-order valence-electron chi connectivity index (χ1n) is 10.1. The molecule has 0 bridgehead atoms. The number of nitrogens with zero attached hydrogens (tertiary/aromatic N) is 1. The number of esters is 1. The predicted molar refractivity (Wildman–Crippen MR) is 129 cm³/mol. The quantitative estimate of drug-likeness (QED) is 0.217. The van der Waals surface area contributed by atoms with Gasteiger partial charge in [0.25, 0.3) is 5.91 Å². The van der Waals surface area contributed by atoms with Gasteiger partial charge in [0, 0.05) is 0 Å². The van der Waals surface area contributed by atoms with Gasteiger partial charge in [-0.25, -0.2) is 10.2 Å². The third-order valence-electron chi connectivity index (χ3n) is 4.74. The van der Waals surface area contributed by atoms with Crippen LogP contribution in [-0.4, -0.2) is 39.4 Å². The van der Waals surface area contributed by atoms with E-state index in [1.54, 1.807) is 42.5 Å². The SMILES string of the molecule is COc1cc(C(=O)Oc2ccc(C=NNC(=O)c3ccc(C)cc3Cl)cc2)cc(OC)c1OC. The highest BCUT2D eigenvalue weighted by Gasteiger charge is 2.18. The number of aryl methyl sites for hydroxylation is 1. The first-order chi connectivity index (χ1) is 16.4. The molecule has 3 rings (SSSR count). The van der Waals surface area contributed by atoms with Crippen molar-refractivity contribution < 1.29 is 28.5 Å². The van der Waals surface area contributed by atoms with Crippen LogP contribution in [0.2, 0.25) is 5.02 Å². The summed E-state index contributed by atoms with van der Waals surface area (Å²) in [6.07, 6.45) is 1.46. The highest BCUT2D eigenvalue weighted by Crippen LogP contribution is 2.38. The highest BCUT2D eigenvalue weighted by molar-refractivity contribution is 6.33. The number of hydrazone groups is 1. The Morgan fingerprint density at radius 1 is 0.912 bits per heavy atom. The zero-order chi connectivity index (χ0) is 24.7. The van der Waals surface area contributed by atoms with Crippen molar-refractivity contribution in [1.29, 1.82) is 0 Å². The van der Waals surface area contributed by atoms with Crippen molar-refractivity contribution in [3.05, 3.63) is 81.9 Å². The number of benzene rings is 3. The standard InChI is InChI=1S/C25H23ClN2O6/c1-15-5-10-19(20(26)11-15)24(29)28-27-14-16-6-8-18(9-7-16)34-25(30)17-12-21(31-2)23(33-4)22(13-17)32-3/h5-14H,1-4H3,(H,28,29). The van der Waals surface area contributed by atoms with Crippen molar-refractivity contribution in [3.8, 4) is 23.0 Å². The second kappa shape index (κ2) is 11.2. The number of carbonyl (C=O) groups is 2. The molecule has 1 amide bonds. The molecule has 0 unspecified atom stereocenters. The predicted octanol–water partition coefficient (Wildman–Crippen LogP) is 4.66. The van der Waals surface area contributed by atoms with Gasteiger partial charge in [0.05, 0.1) is 43.7 Å². The maximum absolute atomic E-state index is 12.6. The van der Waals surface area contributed by atoms with Gasteiger partial charge in [0.2, 0.25) is 5.75 Å². The van der Waals surface area contributed by atoms with Crippen molar-refractivity contribution >= 4 is 29.7 Å². The smallest absolute Gasteiger partial charge is 0.343 e. The summed E-state index contributed by atoms with van der Waals surface area (Å²) in [5.74, 6) is 0.372. The number of halogens is 1. The van der Waals surface area contributed by atoms with Crippen LogP contribution in [0.15, 0.2) is 59.7 Å². The van der Waals surface area contributed by atoms with E-state index in [9.17, 15) is 9.59 Å². The fraction of sp³-hybridized carbons (Fsp3) is 0.160. The van der Waals surface area contributed by atoms with Crippen LogP contribution in [0.5, 0.6) is 23.0 Å². The van der Waals surface area contributed by atoms with Gasteiger partial charge in [-0.15, -0.1) is 0 Å². The molecule has 0 aliphatic heterocycles. The largest absolute Gasteiger partial charge is 0.493 e. The summed E-state index contributed by atoms with van der Waals surface area (Å²) in [5, 5.41) is 4.30. The minimum absolute atomic E-state index is 0.234. The zero-order valence-corrected chi connectivity index (χ0v) is 19.8. The fourth-order valence-electron chi connectivity index (χ4n) is 3.02. The van der Waals surface area contributed by atoms with Crippen LogP contribution in [0.1, 0.15) is 31.8 Å². The second-order valence-electron chi connectivity index (χ2n) is 7.05. The first kappa shape index (κ1) is 24.6. The summed E-state index contributed by atoms with van der Waals surface area (Å²) in [7, 11) is 4.40. The minimum Gasteiger partial charge on any atom is -0.493 e. The minimum atomic E-state index is -0.595. The van der Waals surface area contributed by atoms with Gasteiger partial charge in [-0.3, -0.25) is 4.79 Å². The Kier molecular flexibility index (Phi) is 8.10. The average Bonchev–Trinajstić information content (AvgIpc) is 2.83. The summed E-state index contributed by atoms with van der Waals surface area (Å²) < 4.78 is 21.2. The molecule has 0 saturated heterocycles. The Morgan fingerprint density at radius 2 is 1.56 bits per heavy atom. The molecular weight excluding hydrogens is 460 g/mol. The number of ether oxygens (including phenoxy) is 4. The van der Waals surface area contributed by atoms with E-state index in [0.717, 1.165) is 5.56 Å². The number of hydrogen-bond acceptors (Lipinski definition) is 7. The van der Waals surface area contributed by atoms with Gasteiger partial charge in [-0.2, -0.15) is 5.10 Å². The Bertz CT molecular complexity index is 1200. The van der Waals surface area contributed by atoms with E-state index >= 15 is 0 Å². The summed E-state index contributed by atoms with van der Waals surface area (Å²) in [4.78, 5) is 24.8. The zero-order valence-electron chi connectivity index (χ0n) is 19.0. The third kappa shape index (κ3) is 5.85. The second-order valence-corrected chi connectivity index (χ2v) is 7.46. The normalized spacial score (nSPS) is 10.6. The average molecular weight is 483 g/mol. The number of hydrogen-bond donors (Lipinski definition) is 1. The van der Waals surface area contributed by atoms with Gasteiger partial charge >= 0.3 is 5.97 Å². The van der Waals surface area contributed by atoms with Gasteiger partial charge in [0.1, 0.15) is 5.75 Å². The van der Waals surface area contributed by atoms with E-state index in [-0.39, 0.29) is 5.56 Å². The van der Waals surface area contributed by atoms with Crippen molar-refractivity contribution in [3.63, 3.8) is 0 Å². The lowest BCUT2D eigenvalue weighted by Gasteiger charge is -2.13. The van der Waals surface area contributed by atoms with Crippen molar-refractivity contribution in [2.45, 2.75) is 6.92 Å². The Hall–Kier alpha value is -4.04. The van der Waals surface area contributed by atoms with Crippen LogP contribution in [0.4, 0.5) is 0 Å². The topological polar surface area (TPSA) is 95.5 Å². The molecule has 0 aliphatic carbocycles. The number of amides is 1. The Labute approximate surface area is 202 Å². The number of rotatable bonds is 8. The molecule has 0 heterocycles. The number of nitrogens with one attached hydrogen (secondary N) is 1.